The van der Waals surface area contributed by atoms with E-state index >= 15 is 0 Å². The van der Waals surface area contributed by atoms with E-state index in [1.54, 1.807) is 0 Å². The molecule has 0 aliphatic heterocycles. The Labute approximate surface area is 78.8 Å². The van der Waals surface area contributed by atoms with Crippen LogP contribution in [0.25, 0.3) is 0 Å². The molecule has 1 aromatic rings. The average Bonchev–Trinajstić information content (AvgIpc) is 2.99. The van der Waals surface area contributed by atoms with E-state index in [2.05, 4.69) is 13.0 Å². The summed E-state index contributed by atoms with van der Waals surface area (Å²) < 4.78 is 0. The highest BCUT2D eigenvalue weighted by molar-refractivity contribution is 5.78. The monoisotopic (exact) mass is 174 g/mol. The van der Waals surface area contributed by atoms with Crippen LogP contribution in [0.5, 0.6) is 0 Å². The molecule has 0 N–H and O–H groups in total. The van der Waals surface area contributed by atoms with E-state index in [1.165, 1.54) is 24.0 Å². The van der Waals surface area contributed by atoms with Crippen molar-refractivity contribution in [2.24, 2.45) is 0 Å². The summed E-state index contributed by atoms with van der Waals surface area (Å²) in [6.45, 7) is 2.12. The number of rotatable bonds is 3. The molecule has 0 atom stereocenters. The van der Waals surface area contributed by atoms with Crippen molar-refractivity contribution < 1.29 is 4.79 Å². The van der Waals surface area contributed by atoms with Crippen LogP contribution in [-0.2, 0) is 6.42 Å². The van der Waals surface area contributed by atoms with Gasteiger partial charge in [-0.1, -0.05) is 25.1 Å². The Balaban J connectivity index is 2.47. The molecular weight excluding hydrogens is 160 g/mol. The van der Waals surface area contributed by atoms with Crippen molar-refractivity contribution in [3.05, 3.63) is 34.9 Å². The second-order valence-electron chi connectivity index (χ2n) is 3.66. The second kappa shape index (κ2) is 3.33. The van der Waals surface area contributed by atoms with Crippen molar-refractivity contribution in [3.8, 4) is 0 Å². The van der Waals surface area contributed by atoms with E-state index in [0.717, 1.165) is 24.2 Å². The number of aldehydes is 1. The van der Waals surface area contributed by atoms with Crippen LogP contribution in [-0.4, -0.2) is 6.29 Å². The van der Waals surface area contributed by atoms with E-state index < -0.39 is 0 Å². The molecule has 0 aromatic heterocycles. The van der Waals surface area contributed by atoms with Gasteiger partial charge in [0.15, 0.2) is 0 Å². The standard InChI is InChI=1S/C12H14O/c1-2-11-10(8-13)4-3-5-12(11)9-6-7-9/h3-5,8-9H,2,6-7H2,1H3. The average molecular weight is 174 g/mol. The maximum Gasteiger partial charge on any atom is 0.150 e. The first kappa shape index (κ1) is 8.49. The lowest BCUT2D eigenvalue weighted by atomic mass is 9.96. The smallest absolute Gasteiger partial charge is 0.150 e. The molecule has 0 amide bonds. The van der Waals surface area contributed by atoms with Crippen molar-refractivity contribution in [2.75, 3.05) is 0 Å². The molecule has 0 spiro atoms. The van der Waals surface area contributed by atoms with Crippen LogP contribution in [0, 0.1) is 0 Å². The molecule has 13 heavy (non-hydrogen) atoms. The Kier molecular flexibility index (Phi) is 2.17. The molecular formula is C12H14O. The largest absolute Gasteiger partial charge is 0.298 e. The summed E-state index contributed by atoms with van der Waals surface area (Å²) in [4.78, 5) is 10.8. The molecule has 0 saturated heterocycles. The summed E-state index contributed by atoms with van der Waals surface area (Å²) in [6, 6.07) is 6.08. The first-order valence-corrected chi connectivity index (χ1v) is 4.93. The van der Waals surface area contributed by atoms with Gasteiger partial charge in [0.2, 0.25) is 0 Å². The summed E-state index contributed by atoms with van der Waals surface area (Å²) in [5.74, 6) is 0.745. The van der Waals surface area contributed by atoms with E-state index in [9.17, 15) is 4.79 Å². The maximum atomic E-state index is 10.8. The van der Waals surface area contributed by atoms with Crippen molar-refractivity contribution >= 4 is 6.29 Å². The zero-order chi connectivity index (χ0) is 9.26. The third-order valence-electron chi connectivity index (χ3n) is 2.75. The van der Waals surface area contributed by atoms with Crippen LogP contribution in [0.3, 0.4) is 0 Å². The molecule has 1 aliphatic carbocycles. The Morgan fingerprint density at radius 2 is 2.23 bits per heavy atom. The number of carbonyl (C=O) groups excluding carboxylic acids is 1. The fourth-order valence-electron chi connectivity index (χ4n) is 1.92. The lowest BCUT2D eigenvalue weighted by Gasteiger charge is -2.08. The fourth-order valence-corrected chi connectivity index (χ4v) is 1.92. The minimum absolute atomic E-state index is 0.745. The molecule has 1 aliphatic rings. The molecule has 0 bridgehead atoms. The van der Waals surface area contributed by atoms with Gasteiger partial charge in [-0.05, 0) is 36.3 Å². The first-order valence-electron chi connectivity index (χ1n) is 4.93. The predicted octanol–water partition coefficient (Wildman–Crippen LogP) is 2.94. The normalized spacial score (nSPS) is 15.8. The molecule has 1 fully saturated rings. The van der Waals surface area contributed by atoms with Crippen LogP contribution >= 0.6 is 0 Å². The van der Waals surface area contributed by atoms with Crippen molar-refractivity contribution in [2.45, 2.75) is 32.1 Å². The van der Waals surface area contributed by atoms with Gasteiger partial charge >= 0.3 is 0 Å². The molecule has 0 unspecified atom stereocenters. The van der Waals surface area contributed by atoms with E-state index in [4.69, 9.17) is 0 Å². The highest BCUT2D eigenvalue weighted by Crippen LogP contribution is 2.42. The van der Waals surface area contributed by atoms with Crippen LogP contribution in [0.1, 0.15) is 47.2 Å². The van der Waals surface area contributed by atoms with Gasteiger partial charge in [0.1, 0.15) is 6.29 Å². The quantitative estimate of drug-likeness (QED) is 0.644. The van der Waals surface area contributed by atoms with Crippen molar-refractivity contribution in [1.82, 2.24) is 0 Å². The minimum Gasteiger partial charge on any atom is -0.298 e. The number of hydrogen-bond donors (Lipinski definition) is 0. The van der Waals surface area contributed by atoms with E-state index in [-0.39, 0.29) is 0 Å². The zero-order valence-corrected chi connectivity index (χ0v) is 7.92. The third-order valence-corrected chi connectivity index (χ3v) is 2.75. The van der Waals surface area contributed by atoms with E-state index in [0.29, 0.717) is 0 Å². The molecule has 68 valence electrons. The predicted molar refractivity (Wildman–Crippen MR) is 53.2 cm³/mol. The van der Waals surface area contributed by atoms with Gasteiger partial charge < -0.3 is 0 Å². The third kappa shape index (κ3) is 1.51. The molecule has 1 aromatic carbocycles. The topological polar surface area (TPSA) is 17.1 Å². The summed E-state index contributed by atoms with van der Waals surface area (Å²) in [5.41, 5.74) is 3.55. The van der Waals surface area contributed by atoms with Gasteiger partial charge in [-0.3, -0.25) is 4.79 Å². The molecule has 0 heterocycles. The van der Waals surface area contributed by atoms with Gasteiger partial charge in [0.05, 0.1) is 0 Å². The van der Waals surface area contributed by atoms with Gasteiger partial charge in [-0.25, -0.2) is 0 Å². The lowest BCUT2D eigenvalue weighted by Crippen LogP contribution is -1.96. The second-order valence-corrected chi connectivity index (χ2v) is 3.66. The summed E-state index contributed by atoms with van der Waals surface area (Å²) in [5, 5.41) is 0. The Hall–Kier alpha value is -1.11. The molecule has 2 rings (SSSR count). The Morgan fingerprint density at radius 3 is 2.77 bits per heavy atom. The van der Waals surface area contributed by atoms with Gasteiger partial charge in [0, 0.05) is 5.56 Å². The molecule has 1 nitrogen and oxygen atoms in total. The van der Waals surface area contributed by atoms with Gasteiger partial charge in [0.25, 0.3) is 0 Å². The van der Waals surface area contributed by atoms with Crippen LogP contribution < -0.4 is 0 Å². The minimum atomic E-state index is 0.745. The number of hydrogen-bond acceptors (Lipinski definition) is 1. The molecule has 0 radical (unpaired) electrons. The number of benzene rings is 1. The SMILES string of the molecule is CCc1c(C=O)cccc1C1CC1. The summed E-state index contributed by atoms with van der Waals surface area (Å²) in [7, 11) is 0. The summed E-state index contributed by atoms with van der Waals surface area (Å²) >= 11 is 0. The van der Waals surface area contributed by atoms with Crippen LogP contribution in [0.2, 0.25) is 0 Å². The zero-order valence-electron chi connectivity index (χ0n) is 7.92. The Bertz CT molecular complexity index is 324. The first-order chi connectivity index (χ1) is 6.36. The lowest BCUT2D eigenvalue weighted by molar-refractivity contribution is 0.112. The maximum absolute atomic E-state index is 10.8. The van der Waals surface area contributed by atoms with E-state index in [1.807, 2.05) is 12.1 Å². The van der Waals surface area contributed by atoms with Gasteiger partial charge in [-0.15, -0.1) is 0 Å². The fraction of sp³-hybridized carbons (Fsp3) is 0.417. The number of carbonyl (C=O) groups is 1. The van der Waals surface area contributed by atoms with Crippen LogP contribution in [0.4, 0.5) is 0 Å². The highest BCUT2D eigenvalue weighted by Gasteiger charge is 2.26. The molecule has 1 saturated carbocycles. The molecule has 1 heteroatoms. The van der Waals surface area contributed by atoms with Crippen molar-refractivity contribution in [3.63, 3.8) is 0 Å². The highest BCUT2D eigenvalue weighted by atomic mass is 16.1. The van der Waals surface area contributed by atoms with Crippen molar-refractivity contribution in [1.29, 1.82) is 0 Å². The van der Waals surface area contributed by atoms with Crippen LogP contribution in [0.15, 0.2) is 18.2 Å². The Morgan fingerprint density at radius 1 is 1.46 bits per heavy atom. The van der Waals surface area contributed by atoms with Gasteiger partial charge in [-0.2, -0.15) is 0 Å². The summed E-state index contributed by atoms with van der Waals surface area (Å²) in [6.07, 6.45) is 4.55.